The van der Waals surface area contributed by atoms with Crippen LogP contribution in [-0.2, 0) is 10.0 Å². The van der Waals surface area contributed by atoms with Gasteiger partial charge in [-0.25, -0.2) is 8.42 Å². The maximum atomic E-state index is 12.1. The monoisotopic (exact) mass is 268 g/mol. The Morgan fingerprint density at radius 3 is 2.72 bits per heavy atom. The number of nitrogens with one attached hydrogen (secondary N) is 2. The maximum absolute atomic E-state index is 12.1. The Hall–Kier alpha value is -1.56. The SMILES string of the molecule is Cc1cc(NS(=O)(=O)C2=CCCCC2)c[nH]c1=O. The fourth-order valence-corrected chi connectivity index (χ4v) is 3.24. The van der Waals surface area contributed by atoms with E-state index in [2.05, 4.69) is 9.71 Å². The van der Waals surface area contributed by atoms with E-state index in [4.69, 9.17) is 0 Å². The van der Waals surface area contributed by atoms with Crippen molar-refractivity contribution in [2.24, 2.45) is 0 Å². The average molecular weight is 268 g/mol. The molecule has 6 heteroatoms. The molecule has 0 bridgehead atoms. The Morgan fingerprint density at radius 2 is 2.11 bits per heavy atom. The Morgan fingerprint density at radius 1 is 1.33 bits per heavy atom. The molecular formula is C12H16N2O3S. The fraction of sp³-hybridized carbons (Fsp3) is 0.417. The van der Waals surface area contributed by atoms with Crippen molar-refractivity contribution < 1.29 is 8.42 Å². The molecule has 0 unspecified atom stereocenters. The van der Waals surface area contributed by atoms with E-state index in [0.717, 1.165) is 19.3 Å². The minimum Gasteiger partial charge on any atom is -0.327 e. The molecule has 1 aromatic heterocycles. The van der Waals surface area contributed by atoms with Gasteiger partial charge in [-0.05, 0) is 38.7 Å². The van der Waals surface area contributed by atoms with Gasteiger partial charge >= 0.3 is 0 Å². The van der Waals surface area contributed by atoms with Crippen LogP contribution in [0.25, 0.3) is 0 Å². The van der Waals surface area contributed by atoms with Gasteiger partial charge in [0.2, 0.25) is 0 Å². The summed E-state index contributed by atoms with van der Waals surface area (Å²) in [5.74, 6) is 0. The number of aromatic nitrogens is 1. The first-order valence-corrected chi connectivity index (χ1v) is 7.38. The summed E-state index contributed by atoms with van der Waals surface area (Å²) in [6.07, 6.45) is 6.47. The second kappa shape index (κ2) is 4.97. The number of hydrogen-bond donors (Lipinski definition) is 2. The third-order valence-electron chi connectivity index (χ3n) is 2.94. The first kappa shape index (κ1) is 12.9. The first-order valence-electron chi connectivity index (χ1n) is 5.90. The summed E-state index contributed by atoms with van der Waals surface area (Å²) in [6, 6.07) is 1.53. The lowest BCUT2D eigenvalue weighted by molar-refractivity contribution is 0.600. The zero-order valence-electron chi connectivity index (χ0n) is 10.2. The van der Waals surface area contributed by atoms with E-state index in [0.29, 0.717) is 22.6 Å². The summed E-state index contributed by atoms with van der Waals surface area (Å²) in [6.45, 7) is 1.64. The highest BCUT2D eigenvalue weighted by Gasteiger charge is 2.19. The molecular weight excluding hydrogens is 252 g/mol. The van der Waals surface area contributed by atoms with Crippen molar-refractivity contribution in [3.05, 3.63) is 39.2 Å². The molecule has 0 amide bonds. The largest absolute Gasteiger partial charge is 0.327 e. The van der Waals surface area contributed by atoms with Crippen molar-refractivity contribution >= 4 is 15.7 Å². The van der Waals surface area contributed by atoms with Crippen LogP contribution in [0.3, 0.4) is 0 Å². The molecule has 1 aliphatic rings. The zero-order valence-corrected chi connectivity index (χ0v) is 11.0. The van der Waals surface area contributed by atoms with Crippen LogP contribution >= 0.6 is 0 Å². The maximum Gasteiger partial charge on any atom is 0.257 e. The molecule has 1 aliphatic carbocycles. The van der Waals surface area contributed by atoms with Crippen molar-refractivity contribution in [1.82, 2.24) is 4.98 Å². The van der Waals surface area contributed by atoms with E-state index in [-0.39, 0.29) is 5.56 Å². The number of rotatable bonds is 3. The smallest absolute Gasteiger partial charge is 0.257 e. The van der Waals surface area contributed by atoms with Gasteiger partial charge in [0.05, 0.1) is 10.6 Å². The summed E-state index contributed by atoms with van der Waals surface area (Å²) in [4.78, 5) is 14.1. The predicted octanol–water partition coefficient (Wildman–Crippen LogP) is 1.88. The van der Waals surface area contributed by atoms with Gasteiger partial charge in [0.1, 0.15) is 0 Å². The van der Waals surface area contributed by atoms with Crippen LogP contribution in [0.5, 0.6) is 0 Å². The molecule has 2 N–H and O–H groups in total. The van der Waals surface area contributed by atoms with Crippen molar-refractivity contribution in [1.29, 1.82) is 0 Å². The molecule has 0 saturated carbocycles. The van der Waals surface area contributed by atoms with Crippen LogP contribution in [0.1, 0.15) is 31.2 Å². The molecule has 0 atom stereocenters. The fourth-order valence-electron chi connectivity index (χ4n) is 1.93. The highest BCUT2D eigenvalue weighted by atomic mass is 32.2. The first-order chi connectivity index (χ1) is 8.49. The van der Waals surface area contributed by atoms with Crippen molar-refractivity contribution in [3.63, 3.8) is 0 Å². The second-order valence-corrected chi connectivity index (χ2v) is 6.16. The molecule has 2 rings (SSSR count). The zero-order chi connectivity index (χ0) is 13.2. The second-order valence-electron chi connectivity index (χ2n) is 4.42. The molecule has 0 spiro atoms. The number of pyridine rings is 1. The quantitative estimate of drug-likeness (QED) is 0.878. The van der Waals surface area contributed by atoms with Crippen LogP contribution in [0, 0.1) is 6.92 Å². The van der Waals surface area contributed by atoms with Gasteiger partial charge in [-0.15, -0.1) is 0 Å². The molecule has 1 heterocycles. The number of H-pyrrole nitrogens is 1. The van der Waals surface area contributed by atoms with E-state index < -0.39 is 10.0 Å². The van der Waals surface area contributed by atoms with Crippen LogP contribution < -0.4 is 10.3 Å². The number of sulfonamides is 1. The van der Waals surface area contributed by atoms with E-state index in [1.807, 2.05) is 0 Å². The van der Waals surface area contributed by atoms with Crippen LogP contribution in [0.15, 0.2) is 28.0 Å². The summed E-state index contributed by atoms with van der Waals surface area (Å²) >= 11 is 0. The molecule has 0 aromatic carbocycles. The number of aromatic amines is 1. The number of anilines is 1. The lowest BCUT2D eigenvalue weighted by atomic mass is 10.1. The average Bonchev–Trinajstić information content (AvgIpc) is 2.35. The Kier molecular flexibility index (Phi) is 3.56. The van der Waals surface area contributed by atoms with Gasteiger partial charge in [0.25, 0.3) is 15.6 Å². The summed E-state index contributed by atoms with van der Waals surface area (Å²) in [7, 11) is -3.48. The lowest BCUT2D eigenvalue weighted by Gasteiger charge is -2.14. The van der Waals surface area contributed by atoms with Gasteiger partial charge in [-0.2, -0.15) is 0 Å². The van der Waals surface area contributed by atoms with Crippen LogP contribution in [-0.4, -0.2) is 13.4 Å². The Bertz CT molecular complexity index is 629. The minimum atomic E-state index is -3.48. The minimum absolute atomic E-state index is 0.213. The number of allylic oxidation sites excluding steroid dienone is 2. The highest BCUT2D eigenvalue weighted by Crippen LogP contribution is 2.23. The van der Waals surface area contributed by atoms with E-state index in [1.54, 1.807) is 13.0 Å². The molecule has 0 aliphatic heterocycles. The van der Waals surface area contributed by atoms with Crippen molar-refractivity contribution in [2.45, 2.75) is 32.6 Å². The van der Waals surface area contributed by atoms with Gasteiger partial charge in [0.15, 0.2) is 0 Å². The predicted molar refractivity (Wildman–Crippen MR) is 70.9 cm³/mol. The topological polar surface area (TPSA) is 79.0 Å². The molecule has 18 heavy (non-hydrogen) atoms. The Labute approximate surface area is 106 Å². The van der Waals surface area contributed by atoms with Gasteiger partial charge < -0.3 is 4.98 Å². The third kappa shape index (κ3) is 2.81. The summed E-state index contributed by atoms with van der Waals surface area (Å²) in [5.41, 5.74) is 0.654. The number of aryl methyl sites for hydroxylation is 1. The van der Waals surface area contributed by atoms with Gasteiger partial charge in [-0.3, -0.25) is 9.52 Å². The van der Waals surface area contributed by atoms with E-state index in [1.165, 1.54) is 12.3 Å². The van der Waals surface area contributed by atoms with E-state index in [9.17, 15) is 13.2 Å². The molecule has 0 saturated heterocycles. The van der Waals surface area contributed by atoms with Gasteiger partial charge in [0, 0.05) is 11.8 Å². The molecule has 0 radical (unpaired) electrons. The van der Waals surface area contributed by atoms with Crippen molar-refractivity contribution in [3.8, 4) is 0 Å². The standard InChI is InChI=1S/C12H16N2O3S/c1-9-7-10(8-13-12(9)15)14-18(16,17)11-5-3-2-4-6-11/h5,7-8,14H,2-4,6H2,1H3,(H,13,15). The Balaban J connectivity index is 2.24. The molecule has 5 nitrogen and oxygen atoms in total. The van der Waals surface area contributed by atoms with Crippen LogP contribution in [0.4, 0.5) is 5.69 Å². The number of hydrogen-bond acceptors (Lipinski definition) is 3. The van der Waals surface area contributed by atoms with E-state index >= 15 is 0 Å². The summed E-state index contributed by atoms with van der Waals surface area (Å²) in [5, 5.41) is 0. The third-order valence-corrected chi connectivity index (χ3v) is 4.50. The molecule has 0 fully saturated rings. The molecule has 98 valence electrons. The normalized spacial score (nSPS) is 16.2. The van der Waals surface area contributed by atoms with Crippen LogP contribution in [0.2, 0.25) is 0 Å². The lowest BCUT2D eigenvalue weighted by Crippen LogP contribution is -2.18. The summed E-state index contributed by atoms with van der Waals surface area (Å²) < 4.78 is 26.6. The van der Waals surface area contributed by atoms with Gasteiger partial charge in [-0.1, -0.05) is 6.08 Å². The molecule has 1 aromatic rings. The highest BCUT2D eigenvalue weighted by molar-refractivity contribution is 7.96. The van der Waals surface area contributed by atoms with Crippen molar-refractivity contribution in [2.75, 3.05) is 4.72 Å².